The van der Waals surface area contributed by atoms with Crippen LogP contribution in [0.1, 0.15) is 25.8 Å². The summed E-state index contributed by atoms with van der Waals surface area (Å²) in [6, 6.07) is 4.39. The molecule has 0 aliphatic rings. The van der Waals surface area contributed by atoms with Crippen LogP contribution >= 0.6 is 11.3 Å². The van der Waals surface area contributed by atoms with Gasteiger partial charge < -0.3 is 9.84 Å². The molecule has 2 atom stereocenters. The Hall–Kier alpha value is -1.99. The zero-order valence-corrected chi connectivity index (χ0v) is 12.7. The molecule has 3 heterocycles. The molecule has 0 saturated heterocycles. The van der Waals surface area contributed by atoms with Crippen LogP contribution in [-0.4, -0.2) is 26.0 Å². The lowest BCUT2D eigenvalue weighted by Crippen LogP contribution is -2.33. The number of hydrogen-bond acceptors (Lipinski definition) is 6. The highest BCUT2D eigenvalue weighted by Gasteiger charge is 2.15. The standard InChI is InChI=1S/C14H17N5OS/c1-10(11(2)19-6-3-5-16-19)15-8-13-17-14(18-20-13)12-4-7-21-9-12/h3-7,9-11,15H,8H2,1-2H3/t10-,11-/m1/s1. The smallest absolute Gasteiger partial charge is 0.240 e. The normalized spacial score (nSPS) is 14.2. The van der Waals surface area contributed by atoms with Gasteiger partial charge in [0.1, 0.15) is 0 Å². The number of aromatic nitrogens is 4. The number of rotatable bonds is 6. The van der Waals surface area contributed by atoms with Gasteiger partial charge in [0.25, 0.3) is 0 Å². The summed E-state index contributed by atoms with van der Waals surface area (Å²) in [7, 11) is 0. The fourth-order valence-corrected chi connectivity index (χ4v) is 2.64. The minimum atomic E-state index is 0.237. The highest BCUT2D eigenvalue weighted by Crippen LogP contribution is 2.18. The summed E-state index contributed by atoms with van der Waals surface area (Å²) in [6.45, 7) is 4.78. The van der Waals surface area contributed by atoms with Crippen molar-refractivity contribution in [3.05, 3.63) is 41.2 Å². The summed E-state index contributed by atoms with van der Waals surface area (Å²) in [4.78, 5) is 4.39. The molecule has 0 radical (unpaired) electrons. The van der Waals surface area contributed by atoms with Crippen LogP contribution < -0.4 is 5.32 Å². The molecule has 110 valence electrons. The first kappa shape index (κ1) is 14.0. The zero-order valence-electron chi connectivity index (χ0n) is 11.9. The van der Waals surface area contributed by atoms with E-state index < -0.39 is 0 Å². The van der Waals surface area contributed by atoms with Gasteiger partial charge in [-0.15, -0.1) is 0 Å². The van der Waals surface area contributed by atoms with Crippen molar-refractivity contribution in [3.8, 4) is 11.4 Å². The molecule has 0 unspecified atom stereocenters. The van der Waals surface area contributed by atoms with E-state index in [2.05, 4.69) is 34.4 Å². The SMILES string of the molecule is C[C@H]([C@@H](C)NCc1nc(-c2ccsc2)no1)n1cccn1. The predicted molar refractivity (Wildman–Crippen MR) is 80.9 cm³/mol. The maximum atomic E-state index is 5.27. The summed E-state index contributed by atoms with van der Waals surface area (Å²) >= 11 is 1.62. The van der Waals surface area contributed by atoms with E-state index in [9.17, 15) is 0 Å². The minimum Gasteiger partial charge on any atom is -0.338 e. The molecule has 7 heteroatoms. The first-order chi connectivity index (χ1) is 10.2. The molecular formula is C14H17N5OS. The zero-order chi connectivity index (χ0) is 14.7. The Morgan fingerprint density at radius 1 is 1.43 bits per heavy atom. The molecule has 0 fully saturated rings. The van der Waals surface area contributed by atoms with Crippen LogP contribution in [0.2, 0.25) is 0 Å². The minimum absolute atomic E-state index is 0.237. The van der Waals surface area contributed by atoms with E-state index in [0.29, 0.717) is 18.3 Å². The maximum Gasteiger partial charge on any atom is 0.240 e. The summed E-state index contributed by atoms with van der Waals surface area (Å²) in [6.07, 6.45) is 3.75. The summed E-state index contributed by atoms with van der Waals surface area (Å²) in [5.74, 6) is 1.23. The van der Waals surface area contributed by atoms with Crippen LogP contribution in [0.5, 0.6) is 0 Å². The molecule has 0 amide bonds. The van der Waals surface area contributed by atoms with Gasteiger partial charge in [-0.25, -0.2) is 0 Å². The Balaban J connectivity index is 1.58. The van der Waals surface area contributed by atoms with E-state index in [1.807, 2.05) is 33.8 Å². The molecule has 0 aliphatic heterocycles. The van der Waals surface area contributed by atoms with Crippen molar-refractivity contribution in [1.82, 2.24) is 25.2 Å². The van der Waals surface area contributed by atoms with Crippen molar-refractivity contribution < 1.29 is 4.52 Å². The molecule has 0 bridgehead atoms. The highest BCUT2D eigenvalue weighted by atomic mass is 32.1. The second-order valence-corrected chi connectivity index (χ2v) is 5.70. The van der Waals surface area contributed by atoms with Gasteiger partial charge in [0, 0.05) is 29.4 Å². The largest absolute Gasteiger partial charge is 0.338 e. The molecule has 3 aromatic heterocycles. The van der Waals surface area contributed by atoms with Gasteiger partial charge in [0.05, 0.1) is 12.6 Å². The van der Waals surface area contributed by atoms with Crippen LogP contribution in [0.25, 0.3) is 11.4 Å². The van der Waals surface area contributed by atoms with Gasteiger partial charge in [-0.05, 0) is 31.4 Å². The van der Waals surface area contributed by atoms with Crippen molar-refractivity contribution in [3.63, 3.8) is 0 Å². The third kappa shape index (κ3) is 3.20. The molecule has 0 spiro atoms. The van der Waals surface area contributed by atoms with Crippen molar-refractivity contribution in [2.75, 3.05) is 0 Å². The molecule has 0 aliphatic carbocycles. The quantitative estimate of drug-likeness (QED) is 0.758. The van der Waals surface area contributed by atoms with Crippen molar-refractivity contribution >= 4 is 11.3 Å². The lowest BCUT2D eigenvalue weighted by molar-refractivity contribution is 0.325. The molecule has 6 nitrogen and oxygen atoms in total. The second kappa shape index (κ2) is 6.19. The maximum absolute atomic E-state index is 5.27. The van der Waals surface area contributed by atoms with E-state index in [1.54, 1.807) is 17.5 Å². The third-order valence-electron chi connectivity index (χ3n) is 3.49. The Morgan fingerprint density at radius 2 is 2.33 bits per heavy atom. The number of nitrogens with zero attached hydrogens (tertiary/aromatic N) is 4. The summed E-state index contributed by atoms with van der Waals surface area (Å²) < 4.78 is 7.20. The predicted octanol–water partition coefficient (Wildman–Crippen LogP) is 2.73. The molecular weight excluding hydrogens is 286 g/mol. The Kier molecular flexibility index (Phi) is 4.12. The molecule has 0 saturated carbocycles. The second-order valence-electron chi connectivity index (χ2n) is 4.92. The lowest BCUT2D eigenvalue weighted by Gasteiger charge is -2.20. The summed E-state index contributed by atoms with van der Waals surface area (Å²) in [5.41, 5.74) is 0.993. The van der Waals surface area contributed by atoms with E-state index in [4.69, 9.17) is 4.52 Å². The molecule has 21 heavy (non-hydrogen) atoms. The van der Waals surface area contributed by atoms with Gasteiger partial charge in [0.15, 0.2) is 0 Å². The fraction of sp³-hybridized carbons (Fsp3) is 0.357. The van der Waals surface area contributed by atoms with Crippen molar-refractivity contribution in [2.24, 2.45) is 0 Å². The Labute approximate surface area is 126 Å². The van der Waals surface area contributed by atoms with Crippen LogP contribution in [0, 0.1) is 0 Å². The monoisotopic (exact) mass is 303 g/mol. The molecule has 0 aromatic carbocycles. The molecule has 3 aromatic rings. The Bertz CT molecular complexity index is 661. The number of hydrogen-bond donors (Lipinski definition) is 1. The van der Waals surface area contributed by atoms with Crippen LogP contribution in [-0.2, 0) is 6.54 Å². The van der Waals surface area contributed by atoms with E-state index in [1.165, 1.54) is 0 Å². The third-order valence-corrected chi connectivity index (χ3v) is 4.17. The van der Waals surface area contributed by atoms with Gasteiger partial charge in [-0.3, -0.25) is 4.68 Å². The first-order valence-corrected chi connectivity index (χ1v) is 7.76. The van der Waals surface area contributed by atoms with Gasteiger partial charge in [-0.1, -0.05) is 5.16 Å². The average Bonchev–Trinajstić information content (AvgIpc) is 3.25. The molecule has 1 N–H and O–H groups in total. The van der Waals surface area contributed by atoms with Crippen molar-refractivity contribution in [1.29, 1.82) is 0 Å². The van der Waals surface area contributed by atoms with Crippen molar-refractivity contribution in [2.45, 2.75) is 32.5 Å². The van der Waals surface area contributed by atoms with E-state index >= 15 is 0 Å². The number of nitrogens with one attached hydrogen (secondary N) is 1. The summed E-state index contributed by atoms with van der Waals surface area (Å²) in [5, 5.41) is 15.6. The van der Waals surface area contributed by atoms with Crippen LogP contribution in [0.4, 0.5) is 0 Å². The van der Waals surface area contributed by atoms with Gasteiger partial charge in [0.2, 0.25) is 11.7 Å². The first-order valence-electron chi connectivity index (χ1n) is 6.81. The molecule has 3 rings (SSSR count). The van der Waals surface area contributed by atoms with Crippen LogP contribution in [0.15, 0.2) is 39.8 Å². The van der Waals surface area contributed by atoms with E-state index in [-0.39, 0.29) is 12.1 Å². The lowest BCUT2D eigenvalue weighted by atomic mass is 10.2. The highest BCUT2D eigenvalue weighted by molar-refractivity contribution is 7.08. The van der Waals surface area contributed by atoms with Crippen LogP contribution in [0.3, 0.4) is 0 Å². The van der Waals surface area contributed by atoms with Gasteiger partial charge >= 0.3 is 0 Å². The topological polar surface area (TPSA) is 68.8 Å². The van der Waals surface area contributed by atoms with E-state index in [0.717, 1.165) is 5.56 Å². The van der Waals surface area contributed by atoms with Gasteiger partial charge in [-0.2, -0.15) is 21.4 Å². The Morgan fingerprint density at radius 3 is 3.05 bits per heavy atom. The average molecular weight is 303 g/mol. The number of thiophene rings is 1. The fourth-order valence-electron chi connectivity index (χ4n) is 2.01.